The standard InChI is InChI=1S/C5H8O3/c6-4-7-2-1-5-3-8-5/h4-5H,1-3H2. The summed E-state index contributed by atoms with van der Waals surface area (Å²) < 4.78 is 9.28. The van der Waals surface area contributed by atoms with Gasteiger partial charge in [0.1, 0.15) is 0 Å². The first-order valence-electron chi connectivity index (χ1n) is 2.60. The number of epoxide rings is 1. The maximum Gasteiger partial charge on any atom is 0.293 e. The Morgan fingerprint density at radius 2 is 2.62 bits per heavy atom. The minimum atomic E-state index is 0.370. The number of ether oxygens (including phenoxy) is 2. The summed E-state index contributed by atoms with van der Waals surface area (Å²) in [5, 5.41) is 0. The first kappa shape index (κ1) is 5.56. The van der Waals surface area contributed by atoms with Crippen LogP contribution in [0.25, 0.3) is 0 Å². The minimum Gasteiger partial charge on any atom is -0.468 e. The highest BCUT2D eigenvalue weighted by Gasteiger charge is 2.21. The van der Waals surface area contributed by atoms with Gasteiger partial charge in [0.05, 0.1) is 19.3 Å². The lowest BCUT2D eigenvalue weighted by molar-refractivity contribution is -0.128. The lowest BCUT2D eigenvalue weighted by Crippen LogP contribution is -1.95. The fourth-order valence-electron chi connectivity index (χ4n) is 0.482. The van der Waals surface area contributed by atoms with Crippen LogP contribution in [0, 0.1) is 0 Å². The molecule has 1 saturated heterocycles. The molecule has 0 spiro atoms. The predicted octanol–water partition coefficient (Wildman–Crippen LogP) is -0.0517. The van der Waals surface area contributed by atoms with Gasteiger partial charge < -0.3 is 9.47 Å². The van der Waals surface area contributed by atoms with E-state index < -0.39 is 0 Å². The Morgan fingerprint density at radius 1 is 1.88 bits per heavy atom. The third kappa shape index (κ3) is 1.93. The molecular formula is C5H8O3. The third-order valence-corrected chi connectivity index (χ3v) is 1.03. The van der Waals surface area contributed by atoms with Gasteiger partial charge in [-0.15, -0.1) is 0 Å². The lowest BCUT2D eigenvalue weighted by atomic mass is 10.4. The topological polar surface area (TPSA) is 38.8 Å². The molecule has 0 amide bonds. The van der Waals surface area contributed by atoms with Gasteiger partial charge >= 0.3 is 0 Å². The van der Waals surface area contributed by atoms with Crippen LogP contribution in [-0.2, 0) is 14.3 Å². The zero-order valence-corrected chi connectivity index (χ0v) is 4.50. The highest BCUT2D eigenvalue weighted by molar-refractivity contribution is 5.36. The molecule has 1 aliphatic heterocycles. The molecule has 3 heteroatoms. The Balaban J connectivity index is 1.80. The molecule has 3 nitrogen and oxygen atoms in total. The van der Waals surface area contributed by atoms with E-state index in [1.165, 1.54) is 0 Å². The minimum absolute atomic E-state index is 0.370. The molecule has 1 rings (SSSR count). The van der Waals surface area contributed by atoms with Crippen LogP contribution in [0.1, 0.15) is 6.42 Å². The first-order valence-corrected chi connectivity index (χ1v) is 2.60. The second kappa shape index (κ2) is 2.67. The van der Waals surface area contributed by atoms with E-state index in [1.54, 1.807) is 0 Å². The van der Waals surface area contributed by atoms with Crippen molar-refractivity contribution in [3.8, 4) is 0 Å². The number of carbonyl (C=O) groups is 1. The van der Waals surface area contributed by atoms with Crippen LogP contribution < -0.4 is 0 Å². The smallest absolute Gasteiger partial charge is 0.293 e. The first-order chi connectivity index (χ1) is 3.93. The van der Waals surface area contributed by atoms with Crippen molar-refractivity contribution in [2.75, 3.05) is 13.2 Å². The third-order valence-electron chi connectivity index (χ3n) is 1.03. The molecule has 1 fully saturated rings. The van der Waals surface area contributed by atoms with E-state index in [-0.39, 0.29) is 0 Å². The van der Waals surface area contributed by atoms with Gasteiger partial charge in [-0.05, 0) is 0 Å². The maximum absolute atomic E-state index is 9.54. The van der Waals surface area contributed by atoms with Crippen LogP contribution >= 0.6 is 0 Å². The summed E-state index contributed by atoms with van der Waals surface area (Å²) in [6.45, 7) is 1.79. The van der Waals surface area contributed by atoms with Gasteiger partial charge in [-0.2, -0.15) is 0 Å². The van der Waals surface area contributed by atoms with E-state index >= 15 is 0 Å². The van der Waals surface area contributed by atoms with Gasteiger partial charge in [0, 0.05) is 6.42 Å². The molecule has 0 aromatic carbocycles. The molecule has 1 atom stereocenters. The fourth-order valence-corrected chi connectivity index (χ4v) is 0.482. The normalized spacial score (nSPS) is 24.8. The van der Waals surface area contributed by atoms with E-state index in [9.17, 15) is 4.79 Å². The van der Waals surface area contributed by atoms with Crippen LogP contribution in [0.2, 0.25) is 0 Å². The number of carbonyl (C=O) groups excluding carboxylic acids is 1. The van der Waals surface area contributed by atoms with Gasteiger partial charge in [-0.3, -0.25) is 4.79 Å². The Bertz CT molecular complexity index is 77.7. The molecular weight excluding hydrogens is 108 g/mol. The second-order valence-electron chi connectivity index (χ2n) is 1.71. The molecule has 0 aliphatic carbocycles. The van der Waals surface area contributed by atoms with E-state index in [0.717, 1.165) is 13.0 Å². The molecule has 0 radical (unpaired) electrons. The van der Waals surface area contributed by atoms with Crippen LogP contribution in [0.5, 0.6) is 0 Å². The summed E-state index contributed by atoms with van der Waals surface area (Å²) in [7, 11) is 0. The Hall–Kier alpha value is -0.570. The largest absolute Gasteiger partial charge is 0.468 e. The van der Waals surface area contributed by atoms with E-state index in [4.69, 9.17) is 4.74 Å². The van der Waals surface area contributed by atoms with Crippen LogP contribution in [0.15, 0.2) is 0 Å². The number of hydrogen-bond acceptors (Lipinski definition) is 3. The van der Waals surface area contributed by atoms with Crippen molar-refractivity contribution in [3.63, 3.8) is 0 Å². The molecule has 0 aromatic heterocycles. The van der Waals surface area contributed by atoms with E-state index in [1.807, 2.05) is 0 Å². The van der Waals surface area contributed by atoms with Crippen molar-refractivity contribution in [1.82, 2.24) is 0 Å². The molecule has 0 N–H and O–H groups in total. The molecule has 0 aromatic rings. The average Bonchev–Trinajstić information content (AvgIpc) is 2.51. The van der Waals surface area contributed by atoms with Gasteiger partial charge in [0.2, 0.25) is 0 Å². The Kier molecular flexibility index (Phi) is 1.86. The molecule has 0 saturated carbocycles. The Labute approximate surface area is 47.6 Å². The highest BCUT2D eigenvalue weighted by atomic mass is 16.6. The van der Waals surface area contributed by atoms with Crippen molar-refractivity contribution in [1.29, 1.82) is 0 Å². The second-order valence-corrected chi connectivity index (χ2v) is 1.71. The molecule has 0 bridgehead atoms. The summed E-state index contributed by atoms with van der Waals surface area (Å²) in [6.07, 6.45) is 1.22. The Morgan fingerprint density at radius 3 is 3.12 bits per heavy atom. The van der Waals surface area contributed by atoms with Crippen molar-refractivity contribution in [2.24, 2.45) is 0 Å². The number of rotatable bonds is 4. The van der Waals surface area contributed by atoms with Gasteiger partial charge in [0.15, 0.2) is 0 Å². The van der Waals surface area contributed by atoms with E-state index in [0.29, 0.717) is 19.2 Å². The van der Waals surface area contributed by atoms with Crippen molar-refractivity contribution in [3.05, 3.63) is 0 Å². The zero-order chi connectivity index (χ0) is 5.82. The van der Waals surface area contributed by atoms with Gasteiger partial charge in [0.25, 0.3) is 6.47 Å². The van der Waals surface area contributed by atoms with Crippen molar-refractivity contribution < 1.29 is 14.3 Å². The van der Waals surface area contributed by atoms with Crippen molar-refractivity contribution in [2.45, 2.75) is 12.5 Å². The maximum atomic E-state index is 9.54. The van der Waals surface area contributed by atoms with Crippen molar-refractivity contribution >= 4 is 6.47 Å². The van der Waals surface area contributed by atoms with E-state index in [2.05, 4.69) is 4.74 Å². The fraction of sp³-hybridized carbons (Fsp3) is 0.800. The summed E-state index contributed by atoms with van der Waals surface area (Å²) in [6, 6.07) is 0. The summed E-state index contributed by atoms with van der Waals surface area (Å²) in [5.74, 6) is 0. The number of hydrogen-bond donors (Lipinski definition) is 0. The predicted molar refractivity (Wildman–Crippen MR) is 26.4 cm³/mol. The summed E-state index contributed by atoms with van der Waals surface area (Å²) >= 11 is 0. The molecule has 1 unspecified atom stereocenters. The molecule has 1 aliphatic rings. The van der Waals surface area contributed by atoms with Gasteiger partial charge in [-0.25, -0.2) is 0 Å². The monoisotopic (exact) mass is 116 g/mol. The van der Waals surface area contributed by atoms with Crippen LogP contribution in [-0.4, -0.2) is 25.8 Å². The quantitative estimate of drug-likeness (QED) is 0.293. The summed E-state index contributed by atoms with van der Waals surface area (Å²) in [5.41, 5.74) is 0. The SMILES string of the molecule is O=COCCC1CO1. The highest BCUT2D eigenvalue weighted by Crippen LogP contribution is 2.12. The van der Waals surface area contributed by atoms with Gasteiger partial charge in [-0.1, -0.05) is 0 Å². The van der Waals surface area contributed by atoms with Crippen LogP contribution in [0.4, 0.5) is 0 Å². The summed E-state index contributed by atoms with van der Waals surface area (Å²) in [4.78, 5) is 9.54. The zero-order valence-electron chi connectivity index (χ0n) is 4.50. The average molecular weight is 116 g/mol. The van der Waals surface area contributed by atoms with Crippen LogP contribution in [0.3, 0.4) is 0 Å². The molecule has 1 heterocycles. The molecule has 8 heavy (non-hydrogen) atoms. The molecule has 46 valence electrons. The lowest BCUT2D eigenvalue weighted by Gasteiger charge is -1.90.